The molecule has 1 fully saturated rings. The molecule has 0 bridgehead atoms. The normalized spacial score (nSPS) is 15.7. The van der Waals surface area contributed by atoms with Gasteiger partial charge in [-0.25, -0.2) is 4.79 Å². The van der Waals surface area contributed by atoms with Gasteiger partial charge in [-0.1, -0.05) is 26.0 Å². The highest BCUT2D eigenvalue weighted by Gasteiger charge is 2.20. The largest absolute Gasteiger partial charge is 0.497 e. The van der Waals surface area contributed by atoms with E-state index in [1.807, 2.05) is 29.2 Å². The van der Waals surface area contributed by atoms with Crippen LogP contribution in [0.3, 0.4) is 0 Å². The Bertz CT molecular complexity index is 480. The fourth-order valence-corrected chi connectivity index (χ4v) is 2.65. The van der Waals surface area contributed by atoms with Crippen molar-refractivity contribution in [1.82, 2.24) is 15.1 Å². The van der Waals surface area contributed by atoms with Crippen molar-refractivity contribution in [2.75, 3.05) is 39.8 Å². The Balaban J connectivity index is 1.70. The first kappa shape index (κ1) is 17.6. The van der Waals surface area contributed by atoms with Crippen LogP contribution < -0.4 is 10.1 Å². The molecule has 1 aromatic carbocycles. The molecule has 2 amide bonds. The topological polar surface area (TPSA) is 44.8 Å². The van der Waals surface area contributed by atoms with Crippen molar-refractivity contribution in [3.05, 3.63) is 29.8 Å². The molecule has 1 aromatic rings. The van der Waals surface area contributed by atoms with Crippen LogP contribution in [0.15, 0.2) is 24.3 Å². The molecule has 0 radical (unpaired) electrons. The number of ether oxygens (including phenoxy) is 1. The SMILES string of the molecule is COc1ccc(CNC(=O)N2CCN(CCC(C)C)CC2)cc1. The highest BCUT2D eigenvalue weighted by molar-refractivity contribution is 5.74. The number of nitrogens with zero attached hydrogens (tertiary/aromatic N) is 2. The summed E-state index contributed by atoms with van der Waals surface area (Å²) in [5.74, 6) is 1.57. The number of piperazine rings is 1. The number of methoxy groups -OCH3 is 1. The van der Waals surface area contributed by atoms with Crippen molar-refractivity contribution in [3.8, 4) is 5.75 Å². The number of amides is 2. The van der Waals surface area contributed by atoms with E-state index < -0.39 is 0 Å². The van der Waals surface area contributed by atoms with Crippen LogP contribution >= 0.6 is 0 Å². The molecule has 1 saturated heterocycles. The third-order valence-electron chi connectivity index (χ3n) is 4.28. The third kappa shape index (κ3) is 5.75. The number of hydrogen-bond donors (Lipinski definition) is 1. The monoisotopic (exact) mass is 319 g/mol. The number of nitrogens with one attached hydrogen (secondary N) is 1. The van der Waals surface area contributed by atoms with Gasteiger partial charge in [0, 0.05) is 32.7 Å². The van der Waals surface area contributed by atoms with Crippen LogP contribution in [0, 0.1) is 5.92 Å². The highest BCUT2D eigenvalue weighted by atomic mass is 16.5. The summed E-state index contributed by atoms with van der Waals surface area (Å²) >= 11 is 0. The summed E-state index contributed by atoms with van der Waals surface area (Å²) in [5.41, 5.74) is 1.08. The van der Waals surface area contributed by atoms with Gasteiger partial charge in [0.05, 0.1) is 7.11 Å². The van der Waals surface area contributed by atoms with Crippen LogP contribution in [0.25, 0.3) is 0 Å². The van der Waals surface area contributed by atoms with E-state index in [4.69, 9.17) is 4.74 Å². The van der Waals surface area contributed by atoms with E-state index in [1.54, 1.807) is 7.11 Å². The van der Waals surface area contributed by atoms with Crippen LogP contribution in [0.4, 0.5) is 4.79 Å². The molecule has 0 saturated carbocycles. The molecule has 0 atom stereocenters. The standard InChI is InChI=1S/C18H29N3O2/c1-15(2)8-9-20-10-12-21(13-11-20)18(22)19-14-16-4-6-17(23-3)7-5-16/h4-7,15H,8-14H2,1-3H3,(H,19,22). The van der Waals surface area contributed by atoms with E-state index in [9.17, 15) is 4.79 Å². The molecule has 128 valence electrons. The number of benzene rings is 1. The van der Waals surface area contributed by atoms with Gasteiger partial charge < -0.3 is 15.0 Å². The quantitative estimate of drug-likeness (QED) is 0.876. The van der Waals surface area contributed by atoms with Gasteiger partial charge in [-0.05, 0) is 36.6 Å². The van der Waals surface area contributed by atoms with E-state index in [1.165, 1.54) is 6.42 Å². The van der Waals surface area contributed by atoms with Gasteiger partial charge in [-0.15, -0.1) is 0 Å². The summed E-state index contributed by atoms with van der Waals surface area (Å²) in [6.45, 7) is 9.77. The fraction of sp³-hybridized carbons (Fsp3) is 0.611. The second-order valence-electron chi connectivity index (χ2n) is 6.52. The first-order valence-corrected chi connectivity index (χ1v) is 8.46. The maximum atomic E-state index is 12.2. The average Bonchev–Trinajstić information content (AvgIpc) is 2.58. The number of carbonyl (C=O) groups is 1. The molecule has 2 rings (SSSR count). The van der Waals surface area contributed by atoms with Gasteiger partial charge >= 0.3 is 6.03 Å². The van der Waals surface area contributed by atoms with Crippen LogP contribution in [0.1, 0.15) is 25.8 Å². The second-order valence-corrected chi connectivity index (χ2v) is 6.52. The van der Waals surface area contributed by atoms with Gasteiger partial charge in [0.15, 0.2) is 0 Å². The Hall–Kier alpha value is -1.75. The number of urea groups is 1. The molecule has 0 spiro atoms. The molecule has 1 aliphatic heterocycles. The zero-order chi connectivity index (χ0) is 16.7. The minimum absolute atomic E-state index is 0.0318. The fourth-order valence-electron chi connectivity index (χ4n) is 2.65. The predicted molar refractivity (Wildman–Crippen MR) is 92.7 cm³/mol. The Morgan fingerprint density at radius 2 is 1.83 bits per heavy atom. The Morgan fingerprint density at radius 3 is 2.39 bits per heavy atom. The molecular formula is C18H29N3O2. The van der Waals surface area contributed by atoms with Gasteiger partial charge in [0.2, 0.25) is 0 Å². The zero-order valence-electron chi connectivity index (χ0n) is 14.5. The molecule has 23 heavy (non-hydrogen) atoms. The van der Waals surface area contributed by atoms with Gasteiger partial charge in [0.1, 0.15) is 5.75 Å². The van der Waals surface area contributed by atoms with Gasteiger partial charge in [-0.2, -0.15) is 0 Å². The molecular weight excluding hydrogens is 290 g/mol. The lowest BCUT2D eigenvalue weighted by Gasteiger charge is -2.35. The van der Waals surface area contributed by atoms with Crippen LogP contribution in [-0.4, -0.2) is 55.7 Å². The Kier molecular flexibility index (Phi) is 6.71. The zero-order valence-corrected chi connectivity index (χ0v) is 14.5. The first-order chi connectivity index (χ1) is 11.1. The van der Waals surface area contributed by atoms with Crippen LogP contribution in [-0.2, 0) is 6.54 Å². The van der Waals surface area contributed by atoms with E-state index in [2.05, 4.69) is 24.1 Å². The van der Waals surface area contributed by atoms with Crippen molar-refractivity contribution >= 4 is 6.03 Å². The first-order valence-electron chi connectivity index (χ1n) is 8.46. The Morgan fingerprint density at radius 1 is 1.17 bits per heavy atom. The van der Waals surface area contributed by atoms with E-state index >= 15 is 0 Å². The van der Waals surface area contributed by atoms with Crippen molar-refractivity contribution in [3.63, 3.8) is 0 Å². The minimum Gasteiger partial charge on any atom is -0.497 e. The summed E-state index contributed by atoms with van der Waals surface area (Å²) in [6, 6.07) is 7.81. The molecule has 5 nitrogen and oxygen atoms in total. The molecule has 1 heterocycles. The summed E-state index contributed by atoms with van der Waals surface area (Å²) in [6.07, 6.45) is 1.23. The van der Waals surface area contributed by atoms with E-state index in [-0.39, 0.29) is 6.03 Å². The summed E-state index contributed by atoms with van der Waals surface area (Å²) < 4.78 is 5.13. The predicted octanol–water partition coefficient (Wildman–Crippen LogP) is 2.57. The minimum atomic E-state index is 0.0318. The van der Waals surface area contributed by atoms with Crippen molar-refractivity contribution < 1.29 is 9.53 Å². The maximum absolute atomic E-state index is 12.2. The molecule has 0 aliphatic carbocycles. The molecule has 1 N–H and O–H groups in total. The Labute approximate surface area is 139 Å². The lowest BCUT2D eigenvalue weighted by Crippen LogP contribution is -2.51. The van der Waals surface area contributed by atoms with Crippen LogP contribution in [0.5, 0.6) is 5.75 Å². The molecule has 0 unspecified atom stereocenters. The smallest absolute Gasteiger partial charge is 0.317 e. The summed E-state index contributed by atoms with van der Waals surface area (Å²) in [5, 5.41) is 3.00. The van der Waals surface area contributed by atoms with Gasteiger partial charge in [0.25, 0.3) is 0 Å². The van der Waals surface area contributed by atoms with Crippen LogP contribution in [0.2, 0.25) is 0 Å². The van der Waals surface area contributed by atoms with Crippen molar-refractivity contribution in [2.24, 2.45) is 5.92 Å². The number of carbonyl (C=O) groups excluding carboxylic acids is 1. The average molecular weight is 319 g/mol. The van der Waals surface area contributed by atoms with E-state index in [0.717, 1.165) is 50.0 Å². The lowest BCUT2D eigenvalue weighted by molar-refractivity contribution is 0.135. The highest BCUT2D eigenvalue weighted by Crippen LogP contribution is 2.11. The van der Waals surface area contributed by atoms with Gasteiger partial charge in [-0.3, -0.25) is 4.90 Å². The molecule has 1 aliphatic rings. The maximum Gasteiger partial charge on any atom is 0.317 e. The molecule has 5 heteroatoms. The van der Waals surface area contributed by atoms with Crippen molar-refractivity contribution in [1.29, 1.82) is 0 Å². The third-order valence-corrected chi connectivity index (χ3v) is 4.28. The molecule has 0 aromatic heterocycles. The van der Waals surface area contributed by atoms with E-state index in [0.29, 0.717) is 6.54 Å². The lowest BCUT2D eigenvalue weighted by atomic mass is 10.1. The van der Waals surface area contributed by atoms with Crippen molar-refractivity contribution in [2.45, 2.75) is 26.8 Å². The summed E-state index contributed by atoms with van der Waals surface area (Å²) in [7, 11) is 1.65. The second kappa shape index (κ2) is 8.77. The summed E-state index contributed by atoms with van der Waals surface area (Å²) in [4.78, 5) is 16.6. The number of rotatable bonds is 6. The number of hydrogen-bond acceptors (Lipinski definition) is 3.